The fraction of sp³-hybridized carbons (Fsp3) is 0.857. The maximum absolute atomic E-state index is 12.4. The van der Waals surface area contributed by atoms with Crippen molar-refractivity contribution in [2.45, 2.75) is 99.3 Å². The third-order valence-electron chi connectivity index (χ3n) is 9.42. The van der Waals surface area contributed by atoms with Crippen molar-refractivity contribution in [3.63, 3.8) is 0 Å². The molecule has 4 rings (SSSR count). The van der Waals surface area contributed by atoms with Crippen LogP contribution >= 0.6 is 0 Å². The number of esters is 1. The summed E-state index contributed by atoms with van der Waals surface area (Å²) in [4.78, 5) is 12.4. The minimum Gasteiger partial charge on any atom is -0.462 e. The van der Waals surface area contributed by atoms with Crippen LogP contribution in [0.2, 0.25) is 0 Å². The van der Waals surface area contributed by atoms with Crippen molar-refractivity contribution < 1.29 is 14.6 Å². The quantitative estimate of drug-likeness (QED) is 0.292. The van der Waals surface area contributed by atoms with E-state index in [0.717, 1.165) is 55.6 Å². The number of rotatable bonds is 2. The largest absolute Gasteiger partial charge is 0.462 e. The van der Waals surface area contributed by atoms with E-state index in [9.17, 15) is 10.1 Å². The second kappa shape index (κ2) is 11.2. The van der Waals surface area contributed by atoms with Crippen molar-refractivity contribution in [2.75, 3.05) is 13.7 Å². The van der Waals surface area contributed by atoms with Crippen LogP contribution in [0, 0.1) is 51.8 Å². The molecular weight excluding hydrogens is 398 g/mol. The highest BCUT2D eigenvalue weighted by atomic mass is 16.5. The molecule has 0 bridgehead atoms. The van der Waals surface area contributed by atoms with Gasteiger partial charge in [0.15, 0.2) is 0 Å². The van der Waals surface area contributed by atoms with Gasteiger partial charge in [-0.05, 0) is 104 Å². The third-order valence-corrected chi connectivity index (χ3v) is 9.42. The van der Waals surface area contributed by atoms with Crippen LogP contribution < -0.4 is 0 Å². The van der Waals surface area contributed by atoms with E-state index in [4.69, 9.17) is 9.84 Å². The number of hydrogen-bond donors (Lipinski definition) is 1. The molecule has 182 valence electrons. The number of aliphatic hydroxyl groups is 1. The maximum atomic E-state index is 12.4. The molecule has 4 aliphatic rings. The summed E-state index contributed by atoms with van der Waals surface area (Å²) in [7, 11) is 1.00. The van der Waals surface area contributed by atoms with Gasteiger partial charge in [0.05, 0.1) is 6.61 Å². The van der Waals surface area contributed by atoms with Gasteiger partial charge in [0.1, 0.15) is 11.6 Å². The molecular formula is C28H47NO3. The van der Waals surface area contributed by atoms with Crippen LogP contribution in [0.25, 0.3) is 0 Å². The van der Waals surface area contributed by atoms with E-state index in [1.807, 2.05) is 20.8 Å². The van der Waals surface area contributed by atoms with E-state index in [2.05, 4.69) is 26.8 Å². The Hall–Kier alpha value is -1.34. The normalized spacial score (nSPS) is 41.2. The van der Waals surface area contributed by atoms with E-state index >= 15 is 0 Å². The highest BCUT2D eigenvalue weighted by Crippen LogP contribution is 2.67. The molecule has 4 fully saturated rings. The predicted molar refractivity (Wildman–Crippen MR) is 130 cm³/mol. The molecule has 7 atom stereocenters. The van der Waals surface area contributed by atoms with Crippen LogP contribution in [0.4, 0.5) is 0 Å². The molecule has 4 saturated carbocycles. The van der Waals surface area contributed by atoms with E-state index in [1.54, 1.807) is 0 Å². The summed E-state index contributed by atoms with van der Waals surface area (Å²) in [6, 6.07) is 2.22. The molecule has 0 amide bonds. The molecule has 0 aromatic heterocycles. The molecule has 0 aromatic rings. The first-order chi connectivity index (χ1) is 15.3. The smallest absolute Gasteiger partial charge is 0.348 e. The van der Waals surface area contributed by atoms with E-state index in [1.165, 1.54) is 38.5 Å². The van der Waals surface area contributed by atoms with Crippen molar-refractivity contribution in [1.82, 2.24) is 0 Å². The SMILES string of the molecule is CC.CCOC(=O)/C(C#N)=C1\CCC2C3CCC4(C)CC(C)CCC4C3CCC12C.CO. The molecule has 0 aromatic carbocycles. The highest BCUT2D eigenvalue weighted by molar-refractivity contribution is 5.94. The monoisotopic (exact) mass is 445 g/mol. The predicted octanol–water partition coefficient (Wildman–Crippen LogP) is 6.68. The van der Waals surface area contributed by atoms with Crippen molar-refractivity contribution in [3.05, 3.63) is 11.1 Å². The minimum absolute atomic E-state index is 0.0225. The second-order valence-electron chi connectivity index (χ2n) is 10.8. The Morgan fingerprint density at radius 2 is 1.69 bits per heavy atom. The highest BCUT2D eigenvalue weighted by Gasteiger charge is 2.58. The molecule has 32 heavy (non-hydrogen) atoms. The van der Waals surface area contributed by atoms with Gasteiger partial charge in [0, 0.05) is 7.11 Å². The first kappa shape index (κ1) is 26.9. The van der Waals surface area contributed by atoms with Crippen molar-refractivity contribution >= 4 is 5.97 Å². The summed E-state index contributed by atoms with van der Waals surface area (Å²) in [6.45, 7) is 13.5. The van der Waals surface area contributed by atoms with Gasteiger partial charge in [-0.1, -0.05) is 41.0 Å². The number of nitrogens with zero attached hydrogens (tertiary/aromatic N) is 1. The minimum atomic E-state index is -0.401. The molecule has 4 aliphatic carbocycles. The molecule has 4 heteroatoms. The topological polar surface area (TPSA) is 70.3 Å². The Labute approximate surface area is 196 Å². The van der Waals surface area contributed by atoms with E-state index < -0.39 is 5.97 Å². The zero-order chi connectivity index (χ0) is 24.1. The van der Waals surface area contributed by atoms with Crippen LogP contribution in [0.1, 0.15) is 99.3 Å². The first-order valence-electron chi connectivity index (χ1n) is 13.1. The summed E-state index contributed by atoms with van der Waals surface area (Å²) >= 11 is 0. The Kier molecular flexibility index (Phi) is 9.41. The van der Waals surface area contributed by atoms with Crippen LogP contribution in [-0.4, -0.2) is 24.8 Å². The number of ether oxygens (including phenoxy) is 1. The number of hydrogen-bond acceptors (Lipinski definition) is 4. The molecule has 1 N–H and O–H groups in total. The van der Waals surface area contributed by atoms with Crippen molar-refractivity contribution in [3.8, 4) is 6.07 Å². The standard InChI is InChI=1S/C25H37NO2.C2H6.CH4O/c1-5-28-23(27)19(15-26)22-9-8-21-18-10-12-24(3)14-16(2)6-7-20(24)17(18)11-13-25(21,22)4;2*1-2/h16-18,20-21H,5-14H2,1-4H3;1-2H3;2H,1H3/b22-19+;;. The van der Waals surface area contributed by atoms with Gasteiger partial charge in [0.25, 0.3) is 0 Å². The molecule has 0 radical (unpaired) electrons. The van der Waals surface area contributed by atoms with Crippen LogP contribution in [0.3, 0.4) is 0 Å². The number of carbonyl (C=O) groups is 1. The zero-order valence-corrected chi connectivity index (χ0v) is 21.7. The Morgan fingerprint density at radius 1 is 1.06 bits per heavy atom. The summed E-state index contributed by atoms with van der Waals surface area (Å²) in [5.74, 6) is 3.65. The molecule has 7 unspecified atom stereocenters. The van der Waals surface area contributed by atoms with E-state index in [0.29, 0.717) is 23.5 Å². The molecule has 0 heterocycles. The van der Waals surface area contributed by atoms with Gasteiger partial charge in [-0.3, -0.25) is 0 Å². The Balaban J connectivity index is 0.000000860. The summed E-state index contributed by atoms with van der Waals surface area (Å²) < 4.78 is 5.21. The lowest BCUT2D eigenvalue weighted by molar-refractivity contribution is -0.138. The Bertz CT molecular complexity index is 723. The molecule has 0 saturated heterocycles. The molecule has 0 aliphatic heterocycles. The lowest BCUT2D eigenvalue weighted by atomic mass is 9.46. The maximum Gasteiger partial charge on any atom is 0.348 e. The van der Waals surface area contributed by atoms with Gasteiger partial charge in [0.2, 0.25) is 0 Å². The Morgan fingerprint density at radius 3 is 2.31 bits per heavy atom. The second-order valence-corrected chi connectivity index (χ2v) is 10.8. The van der Waals surface area contributed by atoms with Gasteiger partial charge < -0.3 is 9.84 Å². The summed E-state index contributed by atoms with van der Waals surface area (Å²) in [6.07, 6.45) is 11.4. The average molecular weight is 446 g/mol. The fourth-order valence-corrected chi connectivity index (χ4v) is 8.27. The molecule has 4 nitrogen and oxygen atoms in total. The number of carbonyl (C=O) groups excluding carboxylic acids is 1. The fourth-order valence-electron chi connectivity index (χ4n) is 8.27. The first-order valence-corrected chi connectivity index (χ1v) is 13.1. The average Bonchev–Trinajstić information content (AvgIpc) is 3.13. The third kappa shape index (κ3) is 4.65. The van der Waals surface area contributed by atoms with Gasteiger partial charge in [-0.25, -0.2) is 4.79 Å². The van der Waals surface area contributed by atoms with Gasteiger partial charge >= 0.3 is 5.97 Å². The zero-order valence-electron chi connectivity index (χ0n) is 21.7. The van der Waals surface area contributed by atoms with Crippen LogP contribution in [0.5, 0.6) is 0 Å². The van der Waals surface area contributed by atoms with Gasteiger partial charge in [-0.15, -0.1) is 0 Å². The number of allylic oxidation sites excluding steroid dienone is 1. The van der Waals surface area contributed by atoms with E-state index in [-0.39, 0.29) is 5.41 Å². The van der Waals surface area contributed by atoms with Crippen molar-refractivity contribution in [1.29, 1.82) is 5.26 Å². The number of aliphatic hydroxyl groups excluding tert-OH is 1. The lowest BCUT2D eigenvalue weighted by Gasteiger charge is -2.59. The van der Waals surface area contributed by atoms with Crippen molar-refractivity contribution in [2.24, 2.45) is 40.4 Å². The van der Waals surface area contributed by atoms with Crippen LogP contribution in [-0.2, 0) is 9.53 Å². The lowest BCUT2D eigenvalue weighted by Crippen LogP contribution is -2.51. The van der Waals surface area contributed by atoms with Gasteiger partial charge in [-0.2, -0.15) is 5.26 Å². The molecule has 0 spiro atoms. The summed E-state index contributed by atoms with van der Waals surface area (Å²) in [5, 5.41) is 16.7. The van der Waals surface area contributed by atoms with Crippen LogP contribution in [0.15, 0.2) is 11.1 Å². The number of fused-ring (bicyclic) bond motifs is 5. The summed E-state index contributed by atoms with van der Waals surface area (Å²) in [5.41, 5.74) is 2.00. The number of nitriles is 1.